The molecule has 0 aliphatic carbocycles. The molecule has 0 aliphatic rings. The summed E-state index contributed by atoms with van der Waals surface area (Å²) in [6, 6.07) is 16.5. The molecule has 34 heavy (non-hydrogen) atoms. The first kappa shape index (κ1) is 21.5. The second-order valence-corrected chi connectivity index (χ2v) is 8.94. The number of carbonyl (C=O) groups is 1. The first-order valence-corrected chi connectivity index (χ1v) is 11.4. The van der Waals surface area contributed by atoms with E-state index in [1.54, 1.807) is 17.5 Å². The fourth-order valence-electron chi connectivity index (χ4n) is 3.66. The molecule has 0 radical (unpaired) electrons. The predicted molar refractivity (Wildman–Crippen MR) is 130 cm³/mol. The highest BCUT2D eigenvalue weighted by molar-refractivity contribution is 7.18. The SMILES string of the molecule is CC(NC(=O)c1cc(=O)[nH]c(=O)[nH]1)c1cccc(-c2cnn(Cc3nc4ccccc4s3)c2)c1. The first-order valence-electron chi connectivity index (χ1n) is 10.6. The van der Waals surface area contributed by atoms with Gasteiger partial charge in [-0.25, -0.2) is 9.78 Å². The third-order valence-electron chi connectivity index (χ3n) is 5.34. The molecule has 10 heteroatoms. The van der Waals surface area contributed by atoms with Gasteiger partial charge < -0.3 is 10.3 Å². The van der Waals surface area contributed by atoms with Crippen LogP contribution in [-0.4, -0.2) is 30.6 Å². The largest absolute Gasteiger partial charge is 0.344 e. The number of carbonyl (C=O) groups excluding carboxylic acids is 1. The Kier molecular flexibility index (Phi) is 5.64. The van der Waals surface area contributed by atoms with Crippen molar-refractivity contribution in [2.75, 3.05) is 0 Å². The van der Waals surface area contributed by atoms with Crippen molar-refractivity contribution in [1.82, 2.24) is 30.0 Å². The number of hydrogen-bond donors (Lipinski definition) is 3. The minimum atomic E-state index is -0.727. The van der Waals surface area contributed by atoms with E-state index in [9.17, 15) is 14.4 Å². The molecular formula is C24H20N6O3S. The maximum absolute atomic E-state index is 12.5. The Morgan fingerprint density at radius 3 is 2.76 bits per heavy atom. The molecule has 0 fully saturated rings. The lowest BCUT2D eigenvalue weighted by atomic mass is 10.0. The molecule has 0 aliphatic heterocycles. The highest BCUT2D eigenvalue weighted by atomic mass is 32.1. The summed E-state index contributed by atoms with van der Waals surface area (Å²) in [5.74, 6) is -0.537. The van der Waals surface area contributed by atoms with Crippen LogP contribution in [0.15, 0.2) is 76.6 Å². The molecule has 0 saturated carbocycles. The molecule has 3 N–H and O–H groups in total. The van der Waals surface area contributed by atoms with Gasteiger partial charge in [0.2, 0.25) is 0 Å². The number of fused-ring (bicyclic) bond motifs is 1. The molecule has 170 valence electrons. The Labute approximate surface area is 197 Å². The van der Waals surface area contributed by atoms with Crippen LogP contribution in [0, 0.1) is 0 Å². The average Bonchev–Trinajstić information content (AvgIpc) is 3.45. The van der Waals surface area contributed by atoms with Gasteiger partial charge in [0.1, 0.15) is 10.7 Å². The number of aromatic nitrogens is 5. The summed E-state index contributed by atoms with van der Waals surface area (Å²) in [5, 5.41) is 8.28. The van der Waals surface area contributed by atoms with E-state index >= 15 is 0 Å². The van der Waals surface area contributed by atoms with E-state index in [1.165, 1.54) is 0 Å². The number of amides is 1. The Hall–Kier alpha value is -4.31. The zero-order chi connectivity index (χ0) is 23.7. The highest BCUT2D eigenvalue weighted by Crippen LogP contribution is 2.25. The van der Waals surface area contributed by atoms with Crippen LogP contribution >= 0.6 is 11.3 Å². The summed E-state index contributed by atoms with van der Waals surface area (Å²) in [4.78, 5) is 44.4. The lowest BCUT2D eigenvalue weighted by Gasteiger charge is -2.15. The maximum atomic E-state index is 12.5. The fraction of sp³-hybridized carbons (Fsp3) is 0.125. The standard InChI is InChI=1S/C24H20N6O3S/c1-14(26-23(32)19-10-21(31)29-24(33)28-19)15-5-4-6-16(9-15)17-11-25-30(12-17)13-22-27-18-7-2-3-8-20(18)34-22/h2-12,14H,13H2,1H3,(H,26,32)(H2,28,29,31,33). The lowest BCUT2D eigenvalue weighted by Crippen LogP contribution is -2.32. The molecule has 1 atom stereocenters. The minimum Gasteiger partial charge on any atom is -0.344 e. The summed E-state index contributed by atoms with van der Waals surface area (Å²) >= 11 is 1.65. The van der Waals surface area contributed by atoms with Crippen LogP contribution in [0.3, 0.4) is 0 Å². The van der Waals surface area contributed by atoms with E-state index in [0.717, 1.165) is 38.0 Å². The van der Waals surface area contributed by atoms with Crippen molar-refractivity contribution in [3.05, 3.63) is 104 Å². The molecule has 0 saturated heterocycles. The van der Waals surface area contributed by atoms with Crippen LogP contribution in [0.4, 0.5) is 0 Å². The fourth-order valence-corrected chi connectivity index (χ4v) is 4.62. The van der Waals surface area contributed by atoms with Gasteiger partial charge in [-0.1, -0.05) is 30.3 Å². The van der Waals surface area contributed by atoms with Crippen LogP contribution in [-0.2, 0) is 6.54 Å². The number of rotatable bonds is 6. The average molecular weight is 473 g/mol. The van der Waals surface area contributed by atoms with Crippen molar-refractivity contribution in [2.45, 2.75) is 19.5 Å². The van der Waals surface area contributed by atoms with Crippen molar-refractivity contribution in [1.29, 1.82) is 0 Å². The second kappa shape index (κ2) is 8.91. The van der Waals surface area contributed by atoms with Crippen molar-refractivity contribution >= 4 is 27.5 Å². The Bertz CT molecular complexity index is 1550. The van der Waals surface area contributed by atoms with Crippen molar-refractivity contribution < 1.29 is 4.79 Å². The van der Waals surface area contributed by atoms with Crippen LogP contribution in [0.25, 0.3) is 21.3 Å². The number of nitrogens with zero attached hydrogens (tertiary/aromatic N) is 3. The zero-order valence-corrected chi connectivity index (χ0v) is 18.9. The Morgan fingerprint density at radius 2 is 1.94 bits per heavy atom. The molecule has 3 heterocycles. The zero-order valence-electron chi connectivity index (χ0n) is 18.1. The summed E-state index contributed by atoms with van der Waals surface area (Å²) in [6.07, 6.45) is 3.77. The summed E-state index contributed by atoms with van der Waals surface area (Å²) < 4.78 is 3.01. The highest BCUT2D eigenvalue weighted by Gasteiger charge is 2.14. The number of thiazole rings is 1. The number of para-hydroxylation sites is 1. The van der Waals surface area contributed by atoms with Gasteiger partial charge in [-0.3, -0.25) is 19.3 Å². The van der Waals surface area contributed by atoms with E-state index < -0.39 is 17.2 Å². The number of benzene rings is 2. The number of nitrogens with one attached hydrogen (secondary N) is 3. The molecular weight excluding hydrogens is 452 g/mol. The Morgan fingerprint density at radius 1 is 1.09 bits per heavy atom. The van der Waals surface area contributed by atoms with Crippen LogP contribution in [0.1, 0.15) is 34.0 Å². The molecule has 1 amide bonds. The molecule has 0 bridgehead atoms. The summed E-state index contributed by atoms with van der Waals surface area (Å²) in [7, 11) is 0. The first-order chi connectivity index (χ1) is 16.4. The second-order valence-electron chi connectivity index (χ2n) is 7.82. The third-order valence-corrected chi connectivity index (χ3v) is 6.36. The molecule has 1 unspecified atom stereocenters. The van der Waals surface area contributed by atoms with E-state index in [-0.39, 0.29) is 11.7 Å². The van der Waals surface area contributed by atoms with Gasteiger partial charge in [0.05, 0.1) is 29.0 Å². The number of H-pyrrole nitrogens is 2. The molecule has 3 aromatic heterocycles. The van der Waals surface area contributed by atoms with Gasteiger partial charge in [0, 0.05) is 17.8 Å². The molecule has 0 spiro atoms. The Balaban J connectivity index is 1.31. The van der Waals surface area contributed by atoms with Crippen LogP contribution in [0.5, 0.6) is 0 Å². The molecule has 2 aromatic carbocycles. The quantitative estimate of drug-likeness (QED) is 0.350. The van der Waals surface area contributed by atoms with Crippen molar-refractivity contribution in [3.8, 4) is 11.1 Å². The van der Waals surface area contributed by atoms with Crippen molar-refractivity contribution in [2.24, 2.45) is 0 Å². The van der Waals surface area contributed by atoms with Gasteiger partial charge in [0.15, 0.2) is 0 Å². The number of hydrogen-bond acceptors (Lipinski definition) is 6. The van der Waals surface area contributed by atoms with Gasteiger partial charge in [0.25, 0.3) is 11.5 Å². The topological polar surface area (TPSA) is 126 Å². The number of aromatic amines is 2. The van der Waals surface area contributed by atoms with Gasteiger partial charge in [-0.15, -0.1) is 11.3 Å². The van der Waals surface area contributed by atoms with E-state index in [2.05, 4.69) is 26.4 Å². The third kappa shape index (κ3) is 4.57. The van der Waals surface area contributed by atoms with Gasteiger partial charge in [-0.2, -0.15) is 5.10 Å². The van der Waals surface area contributed by atoms with Crippen LogP contribution < -0.4 is 16.6 Å². The van der Waals surface area contributed by atoms with E-state index in [0.29, 0.717) is 6.54 Å². The summed E-state index contributed by atoms with van der Waals surface area (Å²) in [5.41, 5.74) is 2.31. The van der Waals surface area contributed by atoms with E-state index in [4.69, 9.17) is 0 Å². The molecule has 9 nitrogen and oxygen atoms in total. The molecule has 5 rings (SSSR count). The van der Waals surface area contributed by atoms with Crippen LogP contribution in [0.2, 0.25) is 0 Å². The predicted octanol–water partition coefficient (Wildman–Crippen LogP) is 3.08. The monoisotopic (exact) mass is 472 g/mol. The maximum Gasteiger partial charge on any atom is 0.326 e. The molecule has 5 aromatic rings. The smallest absolute Gasteiger partial charge is 0.326 e. The van der Waals surface area contributed by atoms with E-state index in [1.807, 2.05) is 65.3 Å². The van der Waals surface area contributed by atoms with Crippen molar-refractivity contribution in [3.63, 3.8) is 0 Å². The summed E-state index contributed by atoms with van der Waals surface area (Å²) in [6.45, 7) is 2.42. The lowest BCUT2D eigenvalue weighted by molar-refractivity contribution is 0.0934. The van der Waals surface area contributed by atoms with Gasteiger partial charge >= 0.3 is 5.69 Å². The normalized spacial score (nSPS) is 12.0. The van der Waals surface area contributed by atoms with Gasteiger partial charge in [-0.05, 0) is 36.2 Å². The minimum absolute atomic E-state index is 0.0899.